The molecule has 0 radical (unpaired) electrons. The van der Waals surface area contributed by atoms with Gasteiger partial charge in [0.1, 0.15) is 11.2 Å². The zero-order valence-corrected chi connectivity index (χ0v) is 14.1. The molecule has 0 aliphatic rings. The Hall–Kier alpha value is -2.82. The van der Waals surface area contributed by atoms with Crippen molar-refractivity contribution < 1.29 is 4.42 Å². The molecule has 0 spiro atoms. The van der Waals surface area contributed by atoms with Gasteiger partial charge >= 0.3 is 0 Å². The summed E-state index contributed by atoms with van der Waals surface area (Å²) in [6.45, 7) is 7.18. The molecule has 1 N–H and O–H groups in total. The minimum Gasteiger partial charge on any atom is -0.424 e. The summed E-state index contributed by atoms with van der Waals surface area (Å²) in [5.74, 6) is 0.492. The molecule has 0 atom stereocenters. The number of fused-ring (bicyclic) bond motifs is 2. The van der Waals surface area contributed by atoms with Crippen LogP contribution >= 0.6 is 0 Å². The van der Waals surface area contributed by atoms with Crippen molar-refractivity contribution in [1.82, 2.24) is 14.4 Å². The Kier molecular flexibility index (Phi) is 3.49. The van der Waals surface area contributed by atoms with Crippen LogP contribution < -0.4 is 5.32 Å². The summed E-state index contributed by atoms with van der Waals surface area (Å²) >= 11 is 0. The number of oxazole rings is 1. The summed E-state index contributed by atoms with van der Waals surface area (Å²) in [7, 11) is 0. The van der Waals surface area contributed by atoms with E-state index < -0.39 is 0 Å². The molecule has 5 heteroatoms. The second kappa shape index (κ2) is 5.67. The van der Waals surface area contributed by atoms with Gasteiger partial charge in [0.25, 0.3) is 6.01 Å². The topological polar surface area (TPSA) is 55.4 Å². The van der Waals surface area contributed by atoms with Crippen molar-refractivity contribution in [2.75, 3.05) is 11.9 Å². The largest absolute Gasteiger partial charge is 0.424 e. The quantitative estimate of drug-likeness (QED) is 0.592. The highest BCUT2D eigenvalue weighted by atomic mass is 16.4. The van der Waals surface area contributed by atoms with E-state index in [1.54, 1.807) is 0 Å². The molecule has 5 nitrogen and oxygen atoms in total. The Morgan fingerprint density at radius 3 is 2.83 bits per heavy atom. The normalized spacial score (nSPS) is 11.7. The third-order valence-electron chi connectivity index (χ3n) is 4.16. The highest BCUT2D eigenvalue weighted by Gasteiger charge is 2.10. The fourth-order valence-corrected chi connectivity index (χ4v) is 2.81. The molecular weight excluding hydrogens is 300 g/mol. The van der Waals surface area contributed by atoms with E-state index in [0.29, 0.717) is 11.9 Å². The van der Waals surface area contributed by atoms with Crippen molar-refractivity contribution in [3.63, 3.8) is 0 Å². The first-order chi connectivity index (χ1) is 11.6. The molecule has 0 saturated carbocycles. The van der Waals surface area contributed by atoms with E-state index in [1.165, 1.54) is 5.56 Å². The molecule has 3 heterocycles. The molecular formula is C19H20N4O. The summed E-state index contributed by atoms with van der Waals surface area (Å²) in [6, 6.07) is 10.8. The van der Waals surface area contributed by atoms with Crippen molar-refractivity contribution in [1.29, 1.82) is 0 Å². The molecule has 0 fully saturated rings. The van der Waals surface area contributed by atoms with Gasteiger partial charge in [-0.05, 0) is 48.7 Å². The number of pyridine rings is 1. The first-order valence-corrected chi connectivity index (χ1v) is 8.27. The third-order valence-corrected chi connectivity index (χ3v) is 4.16. The van der Waals surface area contributed by atoms with Crippen LogP contribution in [0.1, 0.15) is 32.3 Å². The monoisotopic (exact) mass is 320 g/mol. The number of benzene rings is 1. The Balaban J connectivity index is 1.77. The molecule has 4 rings (SSSR count). The summed E-state index contributed by atoms with van der Waals surface area (Å²) in [6.07, 6.45) is 4.12. The Morgan fingerprint density at radius 1 is 1.17 bits per heavy atom. The van der Waals surface area contributed by atoms with Crippen molar-refractivity contribution in [2.45, 2.75) is 26.7 Å². The van der Waals surface area contributed by atoms with Crippen LogP contribution in [0, 0.1) is 0 Å². The van der Waals surface area contributed by atoms with Gasteiger partial charge in [-0.25, -0.2) is 4.98 Å². The highest BCUT2D eigenvalue weighted by molar-refractivity contribution is 5.81. The van der Waals surface area contributed by atoms with Crippen LogP contribution in [0.2, 0.25) is 0 Å². The number of nitrogens with zero attached hydrogens (tertiary/aromatic N) is 3. The van der Waals surface area contributed by atoms with Gasteiger partial charge in [-0.3, -0.25) is 0 Å². The van der Waals surface area contributed by atoms with Gasteiger partial charge in [-0.1, -0.05) is 13.8 Å². The van der Waals surface area contributed by atoms with E-state index in [-0.39, 0.29) is 0 Å². The molecule has 122 valence electrons. The number of hydrogen-bond acceptors (Lipinski definition) is 4. The minimum atomic E-state index is 0.492. The van der Waals surface area contributed by atoms with E-state index in [4.69, 9.17) is 9.40 Å². The third kappa shape index (κ3) is 2.52. The number of hydrogen-bond donors (Lipinski definition) is 1. The van der Waals surface area contributed by atoms with Gasteiger partial charge < -0.3 is 14.1 Å². The lowest BCUT2D eigenvalue weighted by Crippen LogP contribution is -1.95. The van der Waals surface area contributed by atoms with E-state index in [9.17, 15) is 0 Å². The fraction of sp³-hybridized carbons (Fsp3) is 0.263. The fourth-order valence-electron chi connectivity index (χ4n) is 2.81. The maximum absolute atomic E-state index is 5.65. The van der Waals surface area contributed by atoms with Crippen molar-refractivity contribution >= 4 is 22.8 Å². The average Bonchev–Trinajstić information content (AvgIpc) is 3.16. The van der Waals surface area contributed by atoms with Crippen molar-refractivity contribution in [2.24, 2.45) is 0 Å². The molecule has 0 unspecified atom stereocenters. The van der Waals surface area contributed by atoms with E-state index >= 15 is 0 Å². The second-order valence-electron chi connectivity index (χ2n) is 6.24. The lowest BCUT2D eigenvalue weighted by atomic mass is 10.1. The van der Waals surface area contributed by atoms with Crippen LogP contribution in [-0.2, 0) is 0 Å². The number of imidazole rings is 1. The highest BCUT2D eigenvalue weighted by Crippen LogP contribution is 2.26. The van der Waals surface area contributed by atoms with Gasteiger partial charge in [-0.2, -0.15) is 4.98 Å². The maximum Gasteiger partial charge on any atom is 0.295 e. The molecule has 0 amide bonds. The van der Waals surface area contributed by atoms with Crippen molar-refractivity contribution in [3.05, 3.63) is 48.3 Å². The van der Waals surface area contributed by atoms with Gasteiger partial charge in [0, 0.05) is 24.5 Å². The first-order valence-electron chi connectivity index (χ1n) is 8.27. The first kappa shape index (κ1) is 14.8. The van der Waals surface area contributed by atoms with Crippen molar-refractivity contribution in [3.8, 4) is 11.3 Å². The molecule has 0 bridgehead atoms. The van der Waals surface area contributed by atoms with Gasteiger partial charge in [0.2, 0.25) is 0 Å². The van der Waals surface area contributed by atoms with Crippen LogP contribution in [0.15, 0.2) is 47.1 Å². The minimum absolute atomic E-state index is 0.492. The Morgan fingerprint density at radius 2 is 2.04 bits per heavy atom. The Bertz CT molecular complexity index is 1010. The zero-order chi connectivity index (χ0) is 16.7. The molecule has 4 aromatic rings. The number of anilines is 1. The lowest BCUT2D eigenvalue weighted by molar-refractivity contribution is 0.616. The smallest absolute Gasteiger partial charge is 0.295 e. The number of nitrogens with one attached hydrogen (secondary N) is 1. The summed E-state index contributed by atoms with van der Waals surface area (Å²) in [4.78, 5) is 9.23. The van der Waals surface area contributed by atoms with Crippen LogP contribution in [0.4, 0.5) is 6.01 Å². The number of rotatable bonds is 4. The van der Waals surface area contributed by atoms with Crippen LogP contribution in [0.5, 0.6) is 0 Å². The predicted octanol–water partition coefficient (Wildman–Crippen LogP) is 4.70. The van der Waals surface area contributed by atoms with Crippen LogP contribution in [0.3, 0.4) is 0 Å². The summed E-state index contributed by atoms with van der Waals surface area (Å²) in [5.41, 5.74) is 5.84. The summed E-state index contributed by atoms with van der Waals surface area (Å²) < 4.78 is 7.71. The molecule has 1 aromatic carbocycles. The van der Waals surface area contributed by atoms with Crippen LogP contribution in [-0.4, -0.2) is 20.9 Å². The van der Waals surface area contributed by atoms with Gasteiger partial charge in [-0.15, -0.1) is 0 Å². The molecule has 24 heavy (non-hydrogen) atoms. The predicted molar refractivity (Wildman–Crippen MR) is 96.4 cm³/mol. The maximum atomic E-state index is 5.65. The SMILES string of the molecule is CCNc1nc2cc(-c3cn4ccc(C(C)C)cc4n3)ccc2o1. The van der Waals surface area contributed by atoms with E-state index in [1.807, 2.05) is 31.3 Å². The van der Waals surface area contributed by atoms with E-state index in [0.717, 1.165) is 34.5 Å². The van der Waals surface area contributed by atoms with E-state index in [2.05, 4.69) is 46.9 Å². The summed E-state index contributed by atoms with van der Waals surface area (Å²) in [5, 5.41) is 3.10. The lowest BCUT2D eigenvalue weighted by Gasteiger charge is -2.04. The molecule has 3 aromatic heterocycles. The molecule has 0 saturated heterocycles. The number of aromatic nitrogens is 3. The second-order valence-corrected chi connectivity index (χ2v) is 6.24. The molecule has 0 aliphatic carbocycles. The van der Waals surface area contributed by atoms with Crippen LogP contribution in [0.25, 0.3) is 28.0 Å². The van der Waals surface area contributed by atoms with Gasteiger partial charge in [0.15, 0.2) is 5.58 Å². The zero-order valence-electron chi connectivity index (χ0n) is 14.1. The average molecular weight is 320 g/mol. The standard InChI is InChI=1S/C19H20N4O/c1-4-20-19-22-15-9-14(5-6-17(15)24-19)16-11-23-8-7-13(12(2)3)10-18(23)21-16/h5-12H,4H2,1-3H3,(H,20,22). The van der Waals surface area contributed by atoms with Gasteiger partial charge in [0.05, 0.1) is 5.69 Å². The molecule has 0 aliphatic heterocycles. The Labute approximate surface area is 140 Å².